The molecule has 5 nitrogen and oxygen atoms in total. The number of benzene rings is 1. The van der Waals surface area contributed by atoms with E-state index in [1.165, 1.54) is 11.1 Å². The number of ether oxygens (including phenoxy) is 1. The van der Waals surface area contributed by atoms with E-state index in [2.05, 4.69) is 28.6 Å². The lowest BCUT2D eigenvalue weighted by Crippen LogP contribution is -2.32. The van der Waals surface area contributed by atoms with Gasteiger partial charge in [-0.2, -0.15) is 0 Å². The van der Waals surface area contributed by atoms with E-state index in [1.807, 2.05) is 51.2 Å². The van der Waals surface area contributed by atoms with Crippen molar-refractivity contribution in [2.45, 2.75) is 52.9 Å². The number of nitrogens with zero attached hydrogens (tertiary/aromatic N) is 1. The number of carbonyl (C=O) groups is 1. The topological polar surface area (TPSA) is 63.2 Å². The van der Waals surface area contributed by atoms with Crippen LogP contribution in [0.4, 0.5) is 4.79 Å². The highest BCUT2D eigenvalue weighted by Gasteiger charge is 2.16. The molecule has 1 aromatic heterocycles. The minimum atomic E-state index is -0.493. The molecule has 0 fully saturated rings. The molecule has 1 aromatic carbocycles. The van der Waals surface area contributed by atoms with Crippen LogP contribution in [-0.4, -0.2) is 16.7 Å². The van der Waals surface area contributed by atoms with E-state index >= 15 is 0 Å². The van der Waals surface area contributed by atoms with Gasteiger partial charge in [-0.25, -0.2) is 4.79 Å². The van der Waals surface area contributed by atoms with Gasteiger partial charge in [0.1, 0.15) is 5.60 Å². The van der Waals surface area contributed by atoms with Crippen molar-refractivity contribution in [2.75, 3.05) is 0 Å². The fourth-order valence-corrected chi connectivity index (χ4v) is 2.40. The van der Waals surface area contributed by atoms with Gasteiger partial charge in [-0.3, -0.25) is 4.98 Å². The minimum Gasteiger partial charge on any atom is -0.444 e. The third-order valence-corrected chi connectivity index (χ3v) is 3.72. The molecule has 0 saturated carbocycles. The van der Waals surface area contributed by atoms with Gasteiger partial charge in [0.05, 0.1) is 0 Å². The van der Waals surface area contributed by atoms with Gasteiger partial charge in [0.15, 0.2) is 0 Å². The lowest BCUT2D eigenvalue weighted by molar-refractivity contribution is 0.0523. The van der Waals surface area contributed by atoms with E-state index in [9.17, 15) is 4.79 Å². The number of rotatable bonds is 6. The summed E-state index contributed by atoms with van der Waals surface area (Å²) in [5, 5.41) is 6.26. The molecule has 0 spiro atoms. The first-order chi connectivity index (χ1) is 11.8. The molecule has 0 bridgehead atoms. The van der Waals surface area contributed by atoms with Gasteiger partial charge in [0.25, 0.3) is 0 Å². The van der Waals surface area contributed by atoms with Crippen molar-refractivity contribution in [3.63, 3.8) is 0 Å². The molecule has 134 valence electrons. The first-order valence-electron chi connectivity index (χ1n) is 8.49. The van der Waals surface area contributed by atoms with Gasteiger partial charge in [-0.15, -0.1) is 0 Å². The first-order valence-corrected chi connectivity index (χ1v) is 8.49. The highest BCUT2D eigenvalue weighted by Crippen LogP contribution is 2.11. The van der Waals surface area contributed by atoms with E-state index in [-0.39, 0.29) is 0 Å². The zero-order chi connectivity index (χ0) is 18.3. The van der Waals surface area contributed by atoms with Gasteiger partial charge in [-0.05, 0) is 56.0 Å². The predicted octanol–water partition coefficient (Wildman–Crippen LogP) is 3.70. The summed E-state index contributed by atoms with van der Waals surface area (Å²) in [5.41, 5.74) is 4.14. The molecule has 0 aliphatic heterocycles. The monoisotopic (exact) mass is 341 g/mol. The number of aryl methyl sites for hydroxylation is 1. The Morgan fingerprint density at radius 3 is 2.32 bits per heavy atom. The molecule has 0 unspecified atom stereocenters. The summed E-state index contributed by atoms with van der Waals surface area (Å²) < 4.78 is 5.28. The van der Waals surface area contributed by atoms with Crippen molar-refractivity contribution in [1.29, 1.82) is 0 Å². The maximum absolute atomic E-state index is 11.8. The quantitative estimate of drug-likeness (QED) is 0.841. The van der Waals surface area contributed by atoms with Gasteiger partial charge in [0.2, 0.25) is 0 Å². The molecule has 1 amide bonds. The summed E-state index contributed by atoms with van der Waals surface area (Å²) in [6.07, 6.45) is 3.29. The van der Waals surface area contributed by atoms with E-state index in [4.69, 9.17) is 4.74 Å². The Kier molecular flexibility index (Phi) is 6.53. The number of carbonyl (C=O) groups excluding carboxylic acids is 1. The summed E-state index contributed by atoms with van der Waals surface area (Å²) in [6, 6.07) is 10.1. The van der Waals surface area contributed by atoms with Crippen LogP contribution in [0.15, 0.2) is 42.7 Å². The summed E-state index contributed by atoms with van der Waals surface area (Å²) in [5.74, 6) is 0. The average Bonchev–Trinajstić information content (AvgIpc) is 2.54. The van der Waals surface area contributed by atoms with Crippen LogP contribution in [0.25, 0.3) is 0 Å². The molecule has 1 heterocycles. The smallest absolute Gasteiger partial charge is 0.407 e. The number of nitrogens with one attached hydrogen (secondary N) is 2. The van der Waals surface area contributed by atoms with Crippen molar-refractivity contribution in [3.8, 4) is 0 Å². The molecule has 0 saturated heterocycles. The molecular formula is C20H27N3O2. The molecule has 5 heteroatoms. The fourth-order valence-electron chi connectivity index (χ4n) is 2.40. The van der Waals surface area contributed by atoms with E-state index < -0.39 is 11.7 Å². The number of hydrogen-bond acceptors (Lipinski definition) is 4. The second-order valence-electron chi connectivity index (χ2n) is 7.03. The molecule has 0 atom stereocenters. The van der Waals surface area contributed by atoms with Crippen molar-refractivity contribution >= 4 is 6.09 Å². The molecule has 25 heavy (non-hydrogen) atoms. The number of alkyl carbamates (subject to hydrolysis) is 1. The fraction of sp³-hybridized carbons (Fsp3) is 0.400. The van der Waals surface area contributed by atoms with Crippen LogP contribution in [0.5, 0.6) is 0 Å². The van der Waals surface area contributed by atoms with Crippen LogP contribution in [-0.2, 0) is 24.4 Å². The SMILES string of the molecule is Cc1ccncc1CNCc1ccccc1CNC(=O)OC(C)(C)C. The van der Waals surface area contributed by atoms with Gasteiger partial charge in [-0.1, -0.05) is 24.3 Å². The first kappa shape index (κ1) is 18.9. The molecule has 0 aliphatic carbocycles. The molecule has 2 rings (SSSR count). The summed E-state index contributed by atoms with van der Waals surface area (Å²) in [7, 11) is 0. The van der Waals surface area contributed by atoms with Crippen LogP contribution < -0.4 is 10.6 Å². The Morgan fingerprint density at radius 2 is 1.68 bits per heavy atom. The molecule has 0 aliphatic rings. The van der Waals surface area contributed by atoms with E-state index in [0.29, 0.717) is 6.54 Å². The highest BCUT2D eigenvalue weighted by molar-refractivity contribution is 5.67. The number of amides is 1. The Bertz CT molecular complexity index is 708. The summed E-state index contributed by atoms with van der Waals surface area (Å²) in [4.78, 5) is 16.0. The van der Waals surface area contributed by atoms with Crippen molar-refractivity contribution in [2.24, 2.45) is 0 Å². The minimum absolute atomic E-state index is 0.402. The van der Waals surface area contributed by atoms with Gasteiger partial charge >= 0.3 is 6.09 Å². The molecule has 2 N–H and O–H groups in total. The zero-order valence-electron chi connectivity index (χ0n) is 15.4. The number of aromatic nitrogens is 1. The van der Waals surface area contributed by atoms with Crippen molar-refractivity contribution < 1.29 is 9.53 Å². The third kappa shape index (κ3) is 6.55. The normalized spacial score (nSPS) is 11.2. The lowest BCUT2D eigenvalue weighted by Gasteiger charge is -2.20. The van der Waals surface area contributed by atoms with Crippen LogP contribution in [0.1, 0.15) is 43.0 Å². The Balaban J connectivity index is 1.89. The summed E-state index contributed by atoms with van der Waals surface area (Å²) >= 11 is 0. The van der Waals surface area contributed by atoms with Crippen molar-refractivity contribution in [1.82, 2.24) is 15.6 Å². The standard InChI is InChI=1S/C20H27N3O2/c1-15-9-10-21-12-18(15)13-22-11-16-7-5-6-8-17(16)14-23-19(24)25-20(2,3)4/h5-10,12,22H,11,13-14H2,1-4H3,(H,23,24). The van der Waals surface area contributed by atoms with Crippen LogP contribution >= 0.6 is 0 Å². The number of pyridine rings is 1. The average molecular weight is 341 g/mol. The van der Waals surface area contributed by atoms with E-state index in [1.54, 1.807) is 6.20 Å². The Morgan fingerprint density at radius 1 is 1.04 bits per heavy atom. The Hall–Kier alpha value is -2.40. The predicted molar refractivity (Wildman–Crippen MR) is 99.0 cm³/mol. The zero-order valence-corrected chi connectivity index (χ0v) is 15.4. The van der Waals surface area contributed by atoms with E-state index in [0.717, 1.165) is 24.2 Å². The van der Waals surface area contributed by atoms with Crippen molar-refractivity contribution in [3.05, 3.63) is 65.0 Å². The second-order valence-corrected chi connectivity index (χ2v) is 7.03. The summed E-state index contributed by atoms with van der Waals surface area (Å²) in [6.45, 7) is 9.56. The third-order valence-electron chi connectivity index (χ3n) is 3.72. The van der Waals surface area contributed by atoms with Crippen LogP contribution in [0.3, 0.4) is 0 Å². The van der Waals surface area contributed by atoms with Crippen LogP contribution in [0, 0.1) is 6.92 Å². The largest absolute Gasteiger partial charge is 0.444 e. The molecular weight excluding hydrogens is 314 g/mol. The Labute approximate surface area is 149 Å². The van der Waals surface area contributed by atoms with Gasteiger partial charge < -0.3 is 15.4 Å². The molecule has 2 aromatic rings. The molecule has 0 radical (unpaired) electrons. The lowest BCUT2D eigenvalue weighted by atomic mass is 10.1. The van der Waals surface area contributed by atoms with Crippen LogP contribution in [0.2, 0.25) is 0 Å². The highest BCUT2D eigenvalue weighted by atomic mass is 16.6. The number of hydrogen-bond donors (Lipinski definition) is 2. The van der Waals surface area contributed by atoms with Gasteiger partial charge in [0, 0.05) is 32.0 Å². The maximum Gasteiger partial charge on any atom is 0.407 e. The maximum atomic E-state index is 11.8. The second kappa shape index (κ2) is 8.62.